The van der Waals surface area contributed by atoms with E-state index in [2.05, 4.69) is 17.4 Å². The molecule has 2 aromatic carbocycles. The fraction of sp³-hybridized carbons (Fsp3) is 0.400. The molecule has 1 fully saturated rings. The van der Waals surface area contributed by atoms with Gasteiger partial charge in [0.15, 0.2) is 6.10 Å². The summed E-state index contributed by atoms with van der Waals surface area (Å²) in [4.78, 5) is 25.1. The average Bonchev–Trinajstić information content (AvgIpc) is 3.12. The number of hydrogen-bond donors (Lipinski definition) is 1. The molecule has 1 aliphatic carbocycles. The highest BCUT2D eigenvalue weighted by atomic mass is 32.2. The minimum Gasteiger partial charge on any atom is -0.452 e. The fourth-order valence-corrected chi connectivity index (χ4v) is 3.80. The molecule has 0 spiro atoms. The minimum atomic E-state index is -0.745. The summed E-state index contributed by atoms with van der Waals surface area (Å²) in [6.45, 7) is 1.63. The maximum atomic E-state index is 12.1. The predicted octanol–water partition coefficient (Wildman–Crippen LogP) is 3.92. The first-order chi connectivity index (χ1) is 12.1. The van der Waals surface area contributed by atoms with Gasteiger partial charge in [-0.1, -0.05) is 43.2 Å². The second-order valence-corrected chi connectivity index (χ2v) is 7.47. The Labute approximate surface area is 152 Å². The van der Waals surface area contributed by atoms with Gasteiger partial charge < -0.3 is 10.1 Å². The van der Waals surface area contributed by atoms with E-state index in [1.165, 1.54) is 17.1 Å². The summed E-state index contributed by atoms with van der Waals surface area (Å²) in [6.07, 6.45) is 3.60. The van der Waals surface area contributed by atoms with E-state index in [9.17, 15) is 9.59 Å². The van der Waals surface area contributed by atoms with Crippen LogP contribution in [0.15, 0.2) is 47.4 Å². The van der Waals surface area contributed by atoms with Crippen molar-refractivity contribution in [3.05, 3.63) is 42.5 Å². The zero-order valence-electron chi connectivity index (χ0n) is 14.4. The second kappa shape index (κ2) is 8.39. The van der Waals surface area contributed by atoms with E-state index < -0.39 is 6.10 Å². The Bertz CT molecular complexity index is 755. The molecule has 5 heteroatoms. The Morgan fingerprint density at radius 3 is 2.64 bits per heavy atom. The molecular weight excluding hydrogens is 334 g/mol. The number of fused-ring (bicyclic) bond motifs is 1. The van der Waals surface area contributed by atoms with Crippen molar-refractivity contribution in [3.63, 3.8) is 0 Å². The van der Waals surface area contributed by atoms with Gasteiger partial charge in [0.05, 0.1) is 5.75 Å². The van der Waals surface area contributed by atoms with E-state index in [0.717, 1.165) is 36.0 Å². The maximum Gasteiger partial charge on any atom is 0.317 e. The van der Waals surface area contributed by atoms with Crippen LogP contribution in [-0.4, -0.2) is 29.8 Å². The van der Waals surface area contributed by atoms with Crippen molar-refractivity contribution in [2.75, 3.05) is 5.75 Å². The molecule has 0 saturated heterocycles. The van der Waals surface area contributed by atoms with Crippen LogP contribution in [0.2, 0.25) is 0 Å². The summed E-state index contributed by atoms with van der Waals surface area (Å²) in [5.74, 6) is -0.373. The van der Waals surface area contributed by atoms with Crippen LogP contribution in [-0.2, 0) is 14.3 Å². The monoisotopic (exact) mass is 357 g/mol. The van der Waals surface area contributed by atoms with Crippen molar-refractivity contribution >= 4 is 34.4 Å². The molecule has 1 saturated carbocycles. The molecule has 0 radical (unpaired) electrons. The lowest BCUT2D eigenvalue weighted by atomic mass is 10.1. The van der Waals surface area contributed by atoms with Crippen LogP contribution in [0.3, 0.4) is 0 Å². The molecule has 1 atom stereocenters. The van der Waals surface area contributed by atoms with Gasteiger partial charge >= 0.3 is 5.97 Å². The van der Waals surface area contributed by atoms with E-state index in [-0.39, 0.29) is 23.7 Å². The molecule has 2 aromatic rings. The molecular formula is C20H23NO3S. The highest BCUT2D eigenvalue weighted by molar-refractivity contribution is 8.00. The third-order valence-electron chi connectivity index (χ3n) is 4.46. The first kappa shape index (κ1) is 17.8. The summed E-state index contributed by atoms with van der Waals surface area (Å²) >= 11 is 1.42. The number of carbonyl (C=O) groups excluding carboxylic acids is 2. The molecule has 0 heterocycles. The zero-order valence-corrected chi connectivity index (χ0v) is 15.2. The molecule has 0 bridgehead atoms. The lowest BCUT2D eigenvalue weighted by Crippen LogP contribution is -2.41. The van der Waals surface area contributed by atoms with Gasteiger partial charge in [0, 0.05) is 10.9 Å². The van der Waals surface area contributed by atoms with E-state index in [0.29, 0.717) is 0 Å². The van der Waals surface area contributed by atoms with Gasteiger partial charge in [-0.25, -0.2) is 0 Å². The van der Waals surface area contributed by atoms with Crippen molar-refractivity contribution < 1.29 is 14.3 Å². The van der Waals surface area contributed by atoms with Crippen LogP contribution in [0.4, 0.5) is 0 Å². The highest BCUT2D eigenvalue weighted by Gasteiger charge is 2.23. The molecule has 1 N–H and O–H groups in total. The number of benzene rings is 2. The molecule has 1 aliphatic rings. The Morgan fingerprint density at radius 1 is 1.16 bits per heavy atom. The summed E-state index contributed by atoms with van der Waals surface area (Å²) in [5.41, 5.74) is 0. The second-order valence-electron chi connectivity index (χ2n) is 6.42. The molecule has 1 amide bonds. The summed E-state index contributed by atoms with van der Waals surface area (Å²) in [6, 6.07) is 14.4. The highest BCUT2D eigenvalue weighted by Crippen LogP contribution is 2.24. The molecule has 132 valence electrons. The van der Waals surface area contributed by atoms with Crippen LogP contribution < -0.4 is 5.32 Å². The molecule has 0 unspecified atom stereocenters. The van der Waals surface area contributed by atoms with Crippen molar-refractivity contribution in [1.29, 1.82) is 0 Å². The van der Waals surface area contributed by atoms with Crippen molar-refractivity contribution in [1.82, 2.24) is 5.32 Å². The number of nitrogens with one attached hydrogen (secondary N) is 1. The number of thioether (sulfide) groups is 1. The largest absolute Gasteiger partial charge is 0.452 e. The van der Waals surface area contributed by atoms with Crippen molar-refractivity contribution in [2.24, 2.45) is 0 Å². The SMILES string of the molecule is C[C@H](OC(=O)CSc1ccc2ccccc2c1)C(=O)NC1CCCC1. The standard InChI is InChI=1S/C20H23NO3S/c1-14(20(23)21-17-8-4-5-9-17)24-19(22)13-25-18-11-10-15-6-2-3-7-16(15)12-18/h2-3,6-7,10-12,14,17H,4-5,8-9,13H2,1H3,(H,21,23)/t14-/m0/s1. The van der Waals surface area contributed by atoms with Crippen LogP contribution >= 0.6 is 11.8 Å². The smallest absolute Gasteiger partial charge is 0.317 e. The zero-order chi connectivity index (χ0) is 17.6. The first-order valence-corrected chi connectivity index (χ1v) is 9.72. The van der Waals surface area contributed by atoms with Gasteiger partial charge in [-0.3, -0.25) is 9.59 Å². The van der Waals surface area contributed by atoms with Crippen LogP contribution in [0, 0.1) is 0 Å². The van der Waals surface area contributed by atoms with E-state index >= 15 is 0 Å². The van der Waals surface area contributed by atoms with Gasteiger partial charge in [-0.2, -0.15) is 0 Å². The third kappa shape index (κ3) is 4.98. The van der Waals surface area contributed by atoms with Crippen molar-refractivity contribution in [2.45, 2.75) is 49.6 Å². The first-order valence-electron chi connectivity index (χ1n) is 8.73. The number of ether oxygens (including phenoxy) is 1. The third-order valence-corrected chi connectivity index (χ3v) is 5.42. The van der Waals surface area contributed by atoms with Crippen LogP contribution in [0.5, 0.6) is 0 Å². The normalized spacial score (nSPS) is 15.9. The summed E-state index contributed by atoms with van der Waals surface area (Å²) < 4.78 is 5.26. The average molecular weight is 357 g/mol. The number of esters is 1. The number of hydrogen-bond acceptors (Lipinski definition) is 4. The predicted molar refractivity (Wildman–Crippen MR) is 101 cm³/mol. The maximum absolute atomic E-state index is 12.1. The van der Waals surface area contributed by atoms with Crippen LogP contribution in [0.1, 0.15) is 32.6 Å². The number of rotatable bonds is 6. The van der Waals surface area contributed by atoms with E-state index in [1.807, 2.05) is 30.3 Å². The lowest BCUT2D eigenvalue weighted by Gasteiger charge is -2.17. The fourth-order valence-electron chi connectivity index (χ4n) is 3.07. The van der Waals surface area contributed by atoms with E-state index in [1.54, 1.807) is 6.92 Å². The lowest BCUT2D eigenvalue weighted by molar-refractivity contribution is -0.152. The number of carbonyl (C=O) groups is 2. The summed E-state index contributed by atoms with van der Waals surface area (Å²) in [5, 5.41) is 5.27. The minimum absolute atomic E-state index is 0.194. The van der Waals surface area contributed by atoms with Gasteiger partial charge in [-0.15, -0.1) is 11.8 Å². The van der Waals surface area contributed by atoms with E-state index in [4.69, 9.17) is 4.74 Å². The Hall–Kier alpha value is -2.01. The number of amides is 1. The molecule has 3 rings (SSSR count). The Balaban J connectivity index is 1.47. The molecule has 0 aromatic heterocycles. The quantitative estimate of drug-likeness (QED) is 0.629. The van der Waals surface area contributed by atoms with Gasteiger partial charge in [0.2, 0.25) is 0 Å². The topological polar surface area (TPSA) is 55.4 Å². The Morgan fingerprint density at radius 2 is 1.88 bits per heavy atom. The summed E-state index contributed by atoms with van der Waals surface area (Å²) in [7, 11) is 0. The van der Waals surface area contributed by atoms with Gasteiger partial charge in [0.25, 0.3) is 5.91 Å². The van der Waals surface area contributed by atoms with Crippen LogP contribution in [0.25, 0.3) is 10.8 Å². The molecule has 25 heavy (non-hydrogen) atoms. The molecule has 0 aliphatic heterocycles. The van der Waals surface area contributed by atoms with Crippen molar-refractivity contribution in [3.8, 4) is 0 Å². The van der Waals surface area contributed by atoms with Gasteiger partial charge in [0.1, 0.15) is 0 Å². The van der Waals surface area contributed by atoms with Gasteiger partial charge in [-0.05, 0) is 42.7 Å². The molecule has 4 nitrogen and oxygen atoms in total. The Kier molecular flexibility index (Phi) is 5.97.